The molecule has 6 heteroatoms. The lowest BCUT2D eigenvalue weighted by molar-refractivity contribution is 0.328. The van der Waals surface area contributed by atoms with Crippen molar-refractivity contribution < 1.29 is 8.42 Å². The number of halogens is 1. The summed E-state index contributed by atoms with van der Waals surface area (Å²) in [6, 6.07) is 9.67. The molecule has 1 aromatic rings. The van der Waals surface area contributed by atoms with Crippen LogP contribution in [0.15, 0.2) is 30.3 Å². The predicted octanol–water partition coefficient (Wildman–Crippen LogP) is 2.25. The minimum Gasteiger partial charge on any atom is -0.308 e. The lowest BCUT2D eigenvalue weighted by atomic mass is 10.2. The molecule has 1 atom stereocenters. The molecule has 21 heavy (non-hydrogen) atoms. The monoisotopic (exact) mass is 332 g/mol. The molecule has 1 aromatic carbocycles. The van der Waals surface area contributed by atoms with Gasteiger partial charge in [0.1, 0.15) is 0 Å². The summed E-state index contributed by atoms with van der Waals surface area (Å²) in [5.41, 5.74) is 0.998. The quantitative estimate of drug-likeness (QED) is 0.651. The van der Waals surface area contributed by atoms with Crippen LogP contribution >= 0.6 is 11.6 Å². The minimum absolute atomic E-state index is 0.0469. The van der Waals surface area contributed by atoms with Crippen LogP contribution in [0.3, 0.4) is 0 Å². The highest BCUT2D eigenvalue weighted by Crippen LogP contribution is 2.13. The number of alkyl halides is 1. The number of sulfonamides is 1. The summed E-state index contributed by atoms with van der Waals surface area (Å²) < 4.78 is 26.7. The van der Waals surface area contributed by atoms with Gasteiger partial charge in [0.2, 0.25) is 10.0 Å². The van der Waals surface area contributed by atoms with Crippen molar-refractivity contribution in [3.05, 3.63) is 35.9 Å². The molecule has 1 rings (SSSR count). The lowest BCUT2D eigenvalue weighted by Crippen LogP contribution is -2.39. The molecule has 0 bridgehead atoms. The van der Waals surface area contributed by atoms with Gasteiger partial charge in [-0.15, -0.1) is 11.6 Å². The van der Waals surface area contributed by atoms with Crippen molar-refractivity contribution >= 4 is 21.6 Å². The number of rotatable bonds is 9. The number of benzene rings is 1. The zero-order chi connectivity index (χ0) is 15.9. The SMILES string of the molecule is CC(CCl)CS(=O)(=O)N(CCN(C)C)Cc1ccccc1. The van der Waals surface area contributed by atoms with Gasteiger partial charge in [-0.2, -0.15) is 4.31 Å². The maximum atomic E-state index is 12.6. The molecule has 0 heterocycles. The molecule has 1 unspecified atom stereocenters. The highest BCUT2D eigenvalue weighted by Gasteiger charge is 2.24. The van der Waals surface area contributed by atoms with Crippen LogP contribution in [-0.2, 0) is 16.6 Å². The number of likely N-dealkylation sites (N-methyl/N-ethyl adjacent to an activating group) is 1. The Hall–Kier alpha value is -0.620. The van der Waals surface area contributed by atoms with Gasteiger partial charge in [-0.05, 0) is 25.6 Å². The molecule has 0 aliphatic rings. The zero-order valence-corrected chi connectivity index (χ0v) is 14.6. The number of hydrogen-bond donors (Lipinski definition) is 0. The van der Waals surface area contributed by atoms with E-state index >= 15 is 0 Å². The predicted molar refractivity (Wildman–Crippen MR) is 89.1 cm³/mol. The van der Waals surface area contributed by atoms with E-state index in [-0.39, 0.29) is 11.7 Å². The van der Waals surface area contributed by atoms with Crippen LogP contribution in [-0.4, -0.2) is 56.4 Å². The average Bonchev–Trinajstić information content (AvgIpc) is 2.43. The molecular formula is C15H25ClN2O2S. The van der Waals surface area contributed by atoms with Crippen LogP contribution in [0.1, 0.15) is 12.5 Å². The summed E-state index contributed by atoms with van der Waals surface area (Å²) in [4.78, 5) is 1.98. The van der Waals surface area contributed by atoms with Gasteiger partial charge in [0.25, 0.3) is 0 Å². The largest absolute Gasteiger partial charge is 0.308 e. The second-order valence-electron chi connectivity index (χ2n) is 5.66. The highest BCUT2D eigenvalue weighted by molar-refractivity contribution is 7.89. The van der Waals surface area contributed by atoms with E-state index in [9.17, 15) is 8.42 Å². The summed E-state index contributed by atoms with van der Waals surface area (Å²) in [6.45, 7) is 3.45. The fourth-order valence-electron chi connectivity index (χ4n) is 1.92. The van der Waals surface area contributed by atoms with E-state index in [1.165, 1.54) is 0 Å². The molecule has 0 spiro atoms. The van der Waals surface area contributed by atoms with Crippen molar-refractivity contribution in [1.82, 2.24) is 9.21 Å². The molecule has 0 radical (unpaired) electrons. The molecule has 0 amide bonds. The van der Waals surface area contributed by atoms with Gasteiger partial charge in [0, 0.05) is 25.5 Å². The molecule has 0 fully saturated rings. The van der Waals surface area contributed by atoms with E-state index in [1.807, 2.05) is 56.3 Å². The standard InChI is InChI=1S/C15H25ClN2O2S/c1-14(11-16)13-21(19,20)18(10-9-17(2)3)12-15-7-5-4-6-8-15/h4-8,14H,9-13H2,1-3H3. The Bertz CT molecular complexity index is 506. The van der Waals surface area contributed by atoms with E-state index in [0.29, 0.717) is 25.5 Å². The lowest BCUT2D eigenvalue weighted by Gasteiger charge is -2.25. The highest BCUT2D eigenvalue weighted by atomic mass is 35.5. The van der Waals surface area contributed by atoms with Crippen LogP contribution in [0, 0.1) is 5.92 Å². The Kier molecular flexibility index (Phi) is 7.66. The van der Waals surface area contributed by atoms with Crippen LogP contribution in [0.5, 0.6) is 0 Å². The molecule has 0 saturated carbocycles. The average molecular weight is 333 g/mol. The molecular weight excluding hydrogens is 308 g/mol. The second-order valence-corrected chi connectivity index (χ2v) is 7.98. The van der Waals surface area contributed by atoms with Gasteiger partial charge in [0.05, 0.1) is 5.75 Å². The topological polar surface area (TPSA) is 40.6 Å². The van der Waals surface area contributed by atoms with Gasteiger partial charge >= 0.3 is 0 Å². The van der Waals surface area contributed by atoms with Gasteiger partial charge in [-0.1, -0.05) is 37.3 Å². The van der Waals surface area contributed by atoms with Crippen LogP contribution in [0.4, 0.5) is 0 Å². The molecule has 120 valence electrons. The van der Waals surface area contributed by atoms with Crippen molar-refractivity contribution in [2.24, 2.45) is 5.92 Å². The molecule has 0 N–H and O–H groups in total. The third-order valence-electron chi connectivity index (χ3n) is 3.15. The third kappa shape index (κ3) is 6.78. The van der Waals surface area contributed by atoms with Gasteiger partial charge in [-0.3, -0.25) is 0 Å². The Morgan fingerprint density at radius 2 is 1.76 bits per heavy atom. The molecule has 0 aliphatic heterocycles. The molecule has 0 saturated heterocycles. The molecule has 4 nitrogen and oxygen atoms in total. The first kappa shape index (κ1) is 18.4. The van der Waals surface area contributed by atoms with E-state index in [1.54, 1.807) is 4.31 Å². The first-order chi connectivity index (χ1) is 9.85. The summed E-state index contributed by atoms with van der Waals surface area (Å²) in [7, 11) is 0.573. The van der Waals surface area contributed by atoms with Crippen molar-refractivity contribution in [3.8, 4) is 0 Å². The fourth-order valence-corrected chi connectivity index (χ4v) is 3.92. The Labute approximate surface area is 133 Å². The van der Waals surface area contributed by atoms with Crippen molar-refractivity contribution in [2.45, 2.75) is 13.5 Å². The van der Waals surface area contributed by atoms with E-state index in [2.05, 4.69) is 0 Å². The van der Waals surface area contributed by atoms with Crippen molar-refractivity contribution in [1.29, 1.82) is 0 Å². The summed E-state index contributed by atoms with van der Waals surface area (Å²) >= 11 is 5.76. The van der Waals surface area contributed by atoms with Crippen molar-refractivity contribution in [2.75, 3.05) is 38.8 Å². The van der Waals surface area contributed by atoms with E-state index in [4.69, 9.17) is 11.6 Å². The van der Waals surface area contributed by atoms with Gasteiger partial charge in [-0.25, -0.2) is 8.42 Å². The first-order valence-electron chi connectivity index (χ1n) is 7.07. The summed E-state index contributed by atoms with van der Waals surface area (Å²) in [5.74, 6) is 0.400. The maximum absolute atomic E-state index is 12.6. The number of nitrogens with zero attached hydrogens (tertiary/aromatic N) is 2. The Balaban J connectivity index is 2.85. The van der Waals surface area contributed by atoms with Crippen LogP contribution in [0.2, 0.25) is 0 Å². The van der Waals surface area contributed by atoms with E-state index in [0.717, 1.165) is 5.56 Å². The van der Waals surface area contributed by atoms with Gasteiger partial charge < -0.3 is 4.90 Å². The maximum Gasteiger partial charge on any atom is 0.214 e. The minimum atomic E-state index is -3.31. The molecule has 0 aliphatic carbocycles. The van der Waals surface area contributed by atoms with Crippen molar-refractivity contribution in [3.63, 3.8) is 0 Å². The van der Waals surface area contributed by atoms with Crippen LogP contribution < -0.4 is 0 Å². The second kappa shape index (κ2) is 8.73. The Morgan fingerprint density at radius 3 is 2.29 bits per heavy atom. The smallest absolute Gasteiger partial charge is 0.214 e. The zero-order valence-electron chi connectivity index (χ0n) is 13.0. The fraction of sp³-hybridized carbons (Fsp3) is 0.600. The number of hydrogen-bond acceptors (Lipinski definition) is 3. The first-order valence-corrected chi connectivity index (χ1v) is 9.22. The summed E-state index contributed by atoms with van der Waals surface area (Å²) in [6.07, 6.45) is 0. The molecule has 0 aromatic heterocycles. The Morgan fingerprint density at radius 1 is 1.14 bits per heavy atom. The van der Waals surface area contributed by atoms with Crippen LogP contribution in [0.25, 0.3) is 0 Å². The summed E-state index contributed by atoms with van der Waals surface area (Å²) in [5, 5.41) is 0. The van der Waals surface area contributed by atoms with E-state index < -0.39 is 10.0 Å². The normalized spacial score (nSPS) is 13.8. The third-order valence-corrected chi connectivity index (χ3v) is 5.77. The van der Waals surface area contributed by atoms with Gasteiger partial charge in [0.15, 0.2) is 0 Å².